The molecule has 0 aliphatic carbocycles. The van der Waals surface area contributed by atoms with Gasteiger partial charge in [0.25, 0.3) is 0 Å². The molecule has 1 atom stereocenters. The molecule has 0 saturated carbocycles. The van der Waals surface area contributed by atoms with E-state index in [4.69, 9.17) is 15.2 Å². The number of nitrogen functional groups attached to an aromatic ring is 1. The molecule has 2 aromatic heterocycles. The third-order valence-electron chi connectivity index (χ3n) is 5.54. The lowest BCUT2D eigenvalue weighted by molar-refractivity contribution is -0.119. The number of methoxy groups -OCH3 is 1. The Balaban J connectivity index is 1.71. The van der Waals surface area contributed by atoms with Crippen LogP contribution < -0.4 is 11.1 Å². The van der Waals surface area contributed by atoms with Crippen LogP contribution in [0.1, 0.15) is 28.9 Å². The maximum Gasteiger partial charge on any atom is 0.356 e. The number of pyridine rings is 1. The second-order valence-corrected chi connectivity index (χ2v) is 7.65. The highest BCUT2D eigenvalue weighted by molar-refractivity contribution is 6.11. The zero-order valence-electron chi connectivity index (χ0n) is 17.5. The van der Waals surface area contributed by atoms with Gasteiger partial charge in [0.1, 0.15) is 5.65 Å². The topological polar surface area (TPSA) is 108 Å². The lowest BCUT2D eigenvalue weighted by atomic mass is 10.1. The van der Waals surface area contributed by atoms with Gasteiger partial charge in [0.05, 0.1) is 37.2 Å². The average molecular weight is 422 g/mol. The number of nitrogens with two attached hydrogens (primary N) is 1. The van der Waals surface area contributed by atoms with Crippen molar-refractivity contribution >= 4 is 34.3 Å². The number of rotatable bonds is 7. The van der Waals surface area contributed by atoms with Gasteiger partial charge in [-0.25, -0.2) is 9.78 Å². The molecule has 4 rings (SSSR count). The number of amides is 1. The normalized spacial score (nSPS) is 15.8. The highest BCUT2D eigenvalue weighted by Gasteiger charge is 2.29. The first kappa shape index (κ1) is 20.9. The number of carbonyl (C=O) groups excluding carboxylic acids is 2. The van der Waals surface area contributed by atoms with E-state index in [0.717, 1.165) is 12.8 Å². The maximum atomic E-state index is 12.8. The lowest BCUT2D eigenvalue weighted by Crippen LogP contribution is -2.24. The summed E-state index contributed by atoms with van der Waals surface area (Å²) < 4.78 is 12.2. The van der Waals surface area contributed by atoms with Gasteiger partial charge in [0.2, 0.25) is 5.91 Å². The molecule has 8 nitrogen and oxygen atoms in total. The zero-order chi connectivity index (χ0) is 21.8. The number of benzene rings is 1. The van der Waals surface area contributed by atoms with E-state index in [1.165, 1.54) is 12.7 Å². The predicted molar refractivity (Wildman–Crippen MR) is 118 cm³/mol. The van der Waals surface area contributed by atoms with Crippen LogP contribution in [0.25, 0.3) is 11.0 Å². The molecule has 1 aliphatic rings. The number of anilines is 2. The smallest absolute Gasteiger partial charge is 0.356 e. The van der Waals surface area contributed by atoms with Crippen molar-refractivity contribution in [1.82, 2.24) is 9.55 Å². The molecule has 1 aromatic carbocycles. The van der Waals surface area contributed by atoms with Crippen LogP contribution in [0.3, 0.4) is 0 Å². The molecule has 1 fully saturated rings. The van der Waals surface area contributed by atoms with Crippen molar-refractivity contribution in [3.05, 3.63) is 53.9 Å². The number of nitrogens with one attached hydrogen (secondary N) is 1. The third kappa shape index (κ3) is 4.39. The summed E-state index contributed by atoms with van der Waals surface area (Å²) in [7, 11) is 1.33. The van der Waals surface area contributed by atoms with Gasteiger partial charge in [0, 0.05) is 18.5 Å². The molecule has 0 spiro atoms. The van der Waals surface area contributed by atoms with E-state index in [0.29, 0.717) is 48.6 Å². The zero-order valence-corrected chi connectivity index (χ0v) is 17.5. The second kappa shape index (κ2) is 9.18. The van der Waals surface area contributed by atoms with Gasteiger partial charge in [-0.1, -0.05) is 30.3 Å². The van der Waals surface area contributed by atoms with E-state index in [2.05, 4.69) is 22.4 Å². The molecule has 1 amide bonds. The van der Waals surface area contributed by atoms with Crippen molar-refractivity contribution in [3.63, 3.8) is 0 Å². The largest absolute Gasteiger partial charge is 0.464 e. The Morgan fingerprint density at radius 1 is 1.32 bits per heavy atom. The minimum absolute atomic E-state index is 0.187. The maximum absolute atomic E-state index is 12.8. The van der Waals surface area contributed by atoms with E-state index in [9.17, 15) is 9.59 Å². The standard InChI is InChI=1S/C23H26N4O4/c1-30-23(29)20-19(26-22(28)16-9-11-31-14-16)18-12-17(24)13-25-21(18)27(20)10-5-8-15-6-3-2-4-7-15/h2-4,6-7,12-13,16H,5,8-11,14,24H2,1H3,(H,26,28). The Bertz CT molecular complexity index is 1090. The summed E-state index contributed by atoms with van der Waals surface area (Å²) in [5.74, 6) is -0.973. The highest BCUT2D eigenvalue weighted by atomic mass is 16.5. The summed E-state index contributed by atoms with van der Waals surface area (Å²) in [6, 6.07) is 11.9. The first-order valence-electron chi connectivity index (χ1n) is 10.4. The van der Waals surface area contributed by atoms with E-state index in [1.54, 1.807) is 12.3 Å². The number of esters is 1. The van der Waals surface area contributed by atoms with E-state index < -0.39 is 5.97 Å². The number of ether oxygens (including phenoxy) is 2. The van der Waals surface area contributed by atoms with Gasteiger partial charge in [-0.3, -0.25) is 4.79 Å². The summed E-state index contributed by atoms with van der Waals surface area (Å²) in [6.07, 6.45) is 3.83. The van der Waals surface area contributed by atoms with E-state index >= 15 is 0 Å². The molecule has 3 N–H and O–H groups in total. The molecule has 3 heterocycles. The van der Waals surface area contributed by atoms with Crippen molar-refractivity contribution in [2.75, 3.05) is 31.4 Å². The summed E-state index contributed by atoms with van der Waals surface area (Å²) in [6.45, 7) is 1.46. The molecular weight excluding hydrogens is 396 g/mol. The molecule has 1 aliphatic heterocycles. The molecule has 162 valence electrons. The fourth-order valence-corrected chi connectivity index (χ4v) is 3.95. The minimum Gasteiger partial charge on any atom is -0.464 e. The Morgan fingerprint density at radius 3 is 2.84 bits per heavy atom. The van der Waals surface area contributed by atoms with Crippen molar-refractivity contribution in [3.8, 4) is 0 Å². The van der Waals surface area contributed by atoms with Crippen LogP contribution in [-0.4, -0.2) is 41.8 Å². The molecular formula is C23H26N4O4. The van der Waals surface area contributed by atoms with Crippen LogP contribution >= 0.6 is 0 Å². The Hall–Kier alpha value is -3.39. The van der Waals surface area contributed by atoms with Crippen molar-refractivity contribution in [1.29, 1.82) is 0 Å². The number of hydrogen-bond acceptors (Lipinski definition) is 6. The Labute approximate surface area is 180 Å². The molecule has 1 unspecified atom stereocenters. The number of aromatic nitrogens is 2. The van der Waals surface area contributed by atoms with Crippen molar-refractivity contribution in [2.24, 2.45) is 5.92 Å². The lowest BCUT2D eigenvalue weighted by Gasteiger charge is -2.12. The highest BCUT2D eigenvalue weighted by Crippen LogP contribution is 2.33. The van der Waals surface area contributed by atoms with Crippen LogP contribution in [0.4, 0.5) is 11.4 Å². The van der Waals surface area contributed by atoms with Gasteiger partial charge in [0.15, 0.2) is 5.69 Å². The average Bonchev–Trinajstić information content (AvgIpc) is 3.42. The van der Waals surface area contributed by atoms with Crippen LogP contribution in [0.2, 0.25) is 0 Å². The number of carbonyl (C=O) groups is 2. The summed E-state index contributed by atoms with van der Waals surface area (Å²) in [4.78, 5) is 30.0. The van der Waals surface area contributed by atoms with E-state index in [-0.39, 0.29) is 17.5 Å². The summed E-state index contributed by atoms with van der Waals surface area (Å²) >= 11 is 0. The number of hydrogen-bond donors (Lipinski definition) is 2. The quantitative estimate of drug-likeness (QED) is 0.567. The van der Waals surface area contributed by atoms with Crippen molar-refractivity contribution in [2.45, 2.75) is 25.8 Å². The molecule has 1 saturated heterocycles. The third-order valence-corrected chi connectivity index (χ3v) is 5.54. The molecule has 0 radical (unpaired) electrons. The minimum atomic E-state index is -0.533. The van der Waals surface area contributed by atoms with Gasteiger partial charge in [-0.2, -0.15) is 0 Å². The van der Waals surface area contributed by atoms with E-state index in [1.807, 2.05) is 22.8 Å². The Morgan fingerprint density at radius 2 is 2.13 bits per heavy atom. The molecule has 0 bridgehead atoms. The molecule has 3 aromatic rings. The fraction of sp³-hybridized carbons (Fsp3) is 0.348. The van der Waals surface area contributed by atoms with Gasteiger partial charge < -0.3 is 25.1 Å². The summed E-state index contributed by atoms with van der Waals surface area (Å²) in [5.41, 5.74) is 8.88. The monoisotopic (exact) mass is 422 g/mol. The van der Waals surface area contributed by atoms with Gasteiger partial charge >= 0.3 is 5.97 Å². The number of aryl methyl sites for hydroxylation is 2. The van der Waals surface area contributed by atoms with Crippen LogP contribution in [0.5, 0.6) is 0 Å². The molecule has 8 heteroatoms. The number of nitrogens with zero attached hydrogens (tertiary/aromatic N) is 2. The van der Waals surface area contributed by atoms with Crippen LogP contribution in [0.15, 0.2) is 42.6 Å². The fourth-order valence-electron chi connectivity index (χ4n) is 3.95. The van der Waals surface area contributed by atoms with Crippen LogP contribution in [-0.2, 0) is 27.2 Å². The Kier molecular flexibility index (Phi) is 6.18. The predicted octanol–water partition coefficient (Wildman–Crippen LogP) is 3.01. The molecule has 31 heavy (non-hydrogen) atoms. The van der Waals surface area contributed by atoms with Gasteiger partial charge in [-0.05, 0) is 30.9 Å². The first-order chi connectivity index (χ1) is 15.1. The second-order valence-electron chi connectivity index (χ2n) is 7.65. The summed E-state index contributed by atoms with van der Waals surface area (Å²) in [5, 5.41) is 3.55. The van der Waals surface area contributed by atoms with Crippen LogP contribution in [0, 0.1) is 5.92 Å². The van der Waals surface area contributed by atoms with Crippen molar-refractivity contribution < 1.29 is 19.1 Å². The van der Waals surface area contributed by atoms with Gasteiger partial charge in [-0.15, -0.1) is 0 Å². The first-order valence-corrected chi connectivity index (χ1v) is 10.4. The SMILES string of the molecule is COC(=O)c1c(NC(=O)C2CCOC2)c2cc(N)cnc2n1CCCc1ccccc1. The number of fused-ring (bicyclic) bond motifs is 1.